The number of fused-ring (bicyclic) bond motifs is 2. The number of methoxy groups -OCH3 is 1. The average Bonchev–Trinajstić information content (AvgIpc) is 3.47. The van der Waals surface area contributed by atoms with Gasteiger partial charge in [-0.25, -0.2) is 4.98 Å². The summed E-state index contributed by atoms with van der Waals surface area (Å²) in [5.74, 6) is -1.19. The fraction of sp³-hybridized carbons (Fsp3) is 0.500. The molecule has 2 amide bonds. The zero-order valence-electron chi connectivity index (χ0n) is 17.2. The fourth-order valence-electron chi connectivity index (χ4n) is 5.09. The van der Waals surface area contributed by atoms with Gasteiger partial charge in [0, 0.05) is 32.5 Å². The fourth-order valence-corrected chi connectivity index (χ4v) is 5.09. The number of hydrogen-bond donors (Lipinski definition) is 1. The van der Waals surface area contributed by atoms with E-state index in [1.54, 1.807) is 18.3 Å². The number of amides is 2. The van der Waals surface area contributed by atoms with Crippen LogP contribution in [0.5, 0.6) is 0 Å². The van der Waals surface area contributed by atoms with E-state index < -0.39 is 17.4 Å². The summed E-state index contributed by atoms with van der Waals surface area (Å²) >= 11 is 0. The highest BCUT2D eigenvalue weighted by atomic mass is 16.5. The first kappa shape index (κ1) is 19.3. The molecule has 1 spiro atoms. The molecule has 158 valence electrons. The van der Waals surface area contributed by atoms with Gasteiger partial charge < -0.3 is 24.3 Å². The first-order valence-electron chi connectivity index (χ1n) is 10.5. The summed E-state index contributed by atoms with van der Waals surface area (Å²) in [5, 5.41) is 2.99. The average molecular weight is 410 g/mol. The van der Waals surface area contributed by atoms with E-state index in [1.807, 2.05) is 30.4 Å². The number of likely N-dealkylation sites (tertiary alicyclic amines) is 1. The van der Waals surface area contributed by atoms with Crippen molar-refractivity contribution in [1.82, 2.24) is 14.5 Å². The molecule has 0 radical (unpaired) electrons. The second-order valence-electron chi connectivity index (χ2n) is 8.23. The van der Waals surface area contributed by atoms with Gasteiger partial charge in [-0.15, -0.1) is 0 Å². The summed E-state index contributed by atoms with van der Waals surface area (Å²) in [6, 6.07) is 5.70. The maximum Gasteiger partial charge on any atom is 0.231 e. The smallest absolute Gasteiger partial charge is 0.231 e. The van der Waals surface area contributed by atoms with Gasteiger partial charge in [-0.05, 0) is 31.5 Å². The molecule has 0 saturated carbocycles. The summed E-state index contributed by atoms with van der Waals surface area (Å²) < 4.78 is 13.3. The third-order valence-electron chi connectivity index (χ3n) is 6.49. The number of anilines is 1. The molecule has 1 N–H and O–H groups in total. The molecule has 8 heteroatoms. The van der Waals surface area contributed by atoms with Crippen LogP contribution in [0.25, 0.3) is 11.0 Å². The molecule has 4 heterocycles. The van der Waals surface area contributed by atoms with Gasteiger partial charge in [-0.3, -0.25) is 9.59 Å². The van der Waals surface area contributed by atoms with E-state index in [9.17, 15) is 9.59 Å². The highest BCUT2D eigenvalue weighted by Crippen LogP contribution is 2.52. The molecular weight excluding hydrogens is 384 g/mol. The van der Waals surface area contributed by atoms with Crippen LogP contribution in [-0.2, 0) is 25.6 Å². The van der Waals surface area contributed by atoms with Crippen LogP contribution in [-0.4, -0.2) is 64.8 Å². The van der Waals surface area contributed by atoms with Crippen molar-refractivity contribution >= 4 is 28.5 Å². The van der Waals surface area contributed by atoms with Crippen LogP contribution in [0.4, 0.5) is 5.69 Å². The van der Waals surface area contributed by atoms with Crippen molar-refractivity contribution in [2.45, 2.75) is 31.6 Å². The van der Waals surface area contributed by atoms with E-state index in [4.69, 9.17) is 9.47 Å². The maximum absolute atomic E-state index is 13.2. The number of rotatable bonds is 7. The molecule has 2 fully saturated rings. The van der Waals surface area contributed by atoms with Crippen LogP contribution in [0.3, 0.4) is 0 Å². The maximum atomic E-state index is 13.2. The SMILES string of the molecule is CCn1cnc2cc(NC(=O)[C@H]3[C@H]4C(=O)N(CCCOC)C[C@@]45C=C[C@H]3O5)ccc21. The first-order chi connectivity index (χ1) is 14.6. The van der Waals surface area contributed by atoms with Crippen molar-refractivity contribution in [3.8, 4) is 0 Å². The van der Waals surface area contributed by atoms with Crippen molar-refractivity contribution in [3.63, 3.8) is 0 Å². The summed E-state index contributed by atoms with van der Waals surface area (Å²) in [4.78, 5) is 32.5. The van der Waals surface area contributed by atoms with Crippen LogP contribution >= 0.6 is 0 Å². The van der Waals surface area contributed by atoms with Gasteiger partial charge >= 0.3 is 0 Å². The molecule has 2 saturated heterocycles. The van der Waals surface area contributed by atoms with Gasteiger partial charge in [0.25, 0.3) is 0 Å². The molecule has 5 rings (SSSR count). The Balaban J connectivity index is 1.35. The van der Waals surface area contributed by atoms with Gasteiger partial charge in [-0.2, -0.15) is 0 Å². The van der Waals surface area contributed by atoms with Crippen molar-refractivity contribution in [2.75, 3.05) is 32.1 Å². The van der Waals surface area contributed by atoms with Crippen LogP contribution in [0.2, 0.25) is 0 Å². The number of carbonyl (C=O) groups is 2. The lowest BCUT2D eigenvalue weighted by Crippen LogP contribution is -2.41. The van der Waals surface area contributed by atoms with E-state index >= 15 is 0 Å². The number of nitrogens with one attached hydrogen (secondary N) is 1. The van der Waals surface area contributed by atoms with Crippen molar-refractivity contribution in [3.05, 3.63) is 36.7 Å². The van der Waals surface area contributed by atoms with Crippen LogP contribution in [0, 0.1) is 11.8 Å². The molecule has 2 bridgehead atoms. The predicted octanol–water partition coefficient (Wildman–Crippen LogP) is 1.81. The Morgan fingerprint density at radius 3 is 3.10 bits per heavy atom. The van der Waals surface area contributed by atoms with E-state index in [0.29, 0.717) is 25.4 Å². The van der Waals surface area contributed by atoms with Crippen molar-refractivity contribution in [2.24, 2.45) is 11.8 Å². The second-order valence-corrected chi connectivity index (χ2v) is 8.23. The third kappa shape index (κ3) is 2.86. The normalized spacial score (nSPS) is 29.2. The molecular formula is C22H26N4O4. The zero-order chi connectivity index (χ0) is 20.9. The standard InChI is InChI=1S/C22H26N4O4/c1-3-25-13-23-15-11-14(5-6-16(15)25)24-20(27)18-17-7-8-22(30-17)12-26(9-4-10-29-2)21(28)19(18)22/h5-8,11,13,17-19H,3-4,9-10,12H2,1-2H3,(H,24,27)/t17-,18-,19+,22+/m1/s1. The number of aromatic nitrogens is 2. The van der Waals surface area contributed by atoms with Crippen LogP contribution < -0.4 is 5.32 Å². The monoisotopic (exact) mass is 410 g/mol. The predicted molar refractivity (Wildman–Crippen MR) is 111 cm³/mol. The minimum atomic E-state index is -0.680. The Labute approximate surface area is 174 Å². The van der Waals surface area contributed by atoms with Gasteiger partial charge in [0.2, 0.25) is 11.8 Å². The third-order valence-corrected chi connectivity index (χ3v) is 6.49. The van der Waals surface area contributed by atoms with E-state index in [1.165, 1.54) is 0 Å². The minimum Gasteiger partial charge on any atom is -0.385 e. The lowest BCUT2D eigenvalue weighted by Gasteiger charge is -2.23. The minimum absolute atomic E-state index is 0.00440. The molecule has 1 aromatic carbocycles. The number of ether oxygens (including phenoxy) is 2. The highest BCUT2D eigenvalue weighted by molar-refractivity contribution is 6.00. The Bertz CT molecular complexity index is 1030. The van der Waals surface area contributed by atoms with Gasteiger partial charge in [0.15, 0.2) is 0 Å². The summed E-state index contributed by atoms with van der Waals surface area (Å²) in [5.41, 5.74) is 1.85. The second kappa shape index (κ2) is 7.21. The number of nitrogens with zero attached hydrogens (tertiary/aromatic N) is 3. The zero-order valence-corrected chi connectivity index (χ0v) is 17.2. The largest absolute Gasteiger partial charge is 0.385 e. The summed E-state index contributed by atoms with van der Waals surface area (Å²) in [6.45, 7) is 4.60. The number of hydrogen-bond acceptors (Lipinski definition) is 5. The summed E-state index contributed by atoms with van der Waals surface area (Å²) in [7, 11) is 1.65. The molecule has 1 aromatic heterocycles. The van der Waals surface area contributed by atoms with Gasteiger partial charge in [-0.1, -0.05) is 12.2 Å². The van der Waals surface area contributed by atoms with Gasteiger partial charge in [0.1, 0.15) is 5.60 Å². The molecule has 30 heavy (non-hydrogen) atoms. The number of imidazole rings is 1. The first-order valence-corrected chi connectivity index (χ1v) is 10.5. The number of carbonyl (C=O) groups excluding carboxylic acids is 2. The van der Waals surface area contributed by atoms with E-state index in [-0.39, 0.29) is 17.9 Å². The van der Waals surface area contributed by atoms with E-state index in [0.717, 1.165) is 24.0 Å². The van der Waals surface area contributed by atoms with E-state index in [2.05, 4.69) is 21.8 Å². The Morgan fingerprint density at radius 1 is 1.43 bits per heavy atom. The van der Waals surface area contributed by atoms with Crippen LogP contribution in [0.15, 0.2) is 36.7 Å². The summed E-state index contributed by atoms with van der Waals surface area (Å²) in [6.07, 6.45) is 6.11. The Kier molecular flexibility index (Phi) is 4.63. The van der Waals surface area contributed by atoms with Gasteiger partial charge in [0.05, 0.1) is 41.8 Å². The molecule has 8 nitrogen and oxygen atoms in total. The lowest BCUT2D eigenvalue weighted by atomic mass is 9.77. The Hall–Kier alpha value is -2.71. The topological polar surface area (TPSA) is 85.7 Å². The highest BCUT2D eigenvalue weighted by Gasteiger charge is 2.66. The molecule has 0 unspecified atom stereocenters. The molecule has 2 aromatic rings. The van der Waals surface area contributed by atoms with Crippen molar-refractivity contribution < 1.29 is 19.1 Å². The lowest BCUT2D eigenvalue weighted by molar-refractivity contribution is -0.135. The number of aryl methyl sites for hydroxylation is 1. The molecule has 3 aliphatic heterocycles. The number of benzene rings is 1. The molecule has 3 aliphatic rings. The quantitative estimate of drug-likeness (QED) is 0.556. The Morgan fingerprint density at radius 2 is 2.30 bits per heavy atom. The van der Waals surface area contributed by atoms with Crippen LogP contribution in [0.1, 0.15) is 13.3 Å². The molecule has 4 atom stereocenters. The molecule has 0 aliphatic carbocycles. The van der Waals surface area contributed by atoms with Crippen molar-refractivity contribution in [1.29, 1.82) is 0 Å².